The zero-order chi connectivity index (χ0) is 11.8. The third kappa shape index (κ3) is 2.43. The van der Waals surface area contributed by atoms with Crippen molar-refractivity contribution in [2.75, 3.05) is 6.61 Å². The predicted octanol–water partition coefficient (Wildman–Crippen LogP) is 3.16. The summed E-state index contributed by atoms with van der Waals surface area (Å²) in [5.41, 5.74) is 2.46. The molecule has 0 bridgehead atoms. The molecule has 0 spiro atoms. The van der Waals surface area contributed by atoms with Crippen LogP contribution in [-0.4, -0.2) is 12.6 Å². The number of ether oxygens (including phenoxy) is 1. The topological polar surface area (TPSA) is 21.3 Å². The fraction of sp³-hybridized carbons (Fsp3) is 0.571. The van der Waals surface area contributed by atoms with Gasteiger partial charge in [-0.3, -0.25) is 0 Å². The normalized spacial score (nSPS) is 19.9. The summed E-state index contributed by atoms with van der Waals surface area (Å²) < 4.78 is 5.69. The summed E-state index contributed by atoms with van der Waals surface area (Å²) in [6.07, 6.45) is 3.73. The second-order valence-electron chi connectivity index (χ2n) is 5.16. The number of benzene rings is 1. The minimum Gasteiger partial charge on any atom is -0.493 e. The molecule has 92 valence electrons. The van der Waals surface area contributed by atoms with Gasteiger partial charge in [0.15, 0.2) is 0 Å². The van der Waals surface area contributed by atoms with Crippen LogP contribution in [0.5, 0.6) is 5.75 Å². The van der Waals surface area contributed by atoms with Crippen LogP contribution in [0.1, 0.15) is 30.9 Å². The largest absolute Gasteiger partial charge is 0.493 e. The third-order valence-corrected chi connectivity index (χ3v) is 3.99. The minimum absolute atomic E-state index is 0.603. The van der Waals surface area contributed by atoms with Crippen molar-refractivity contribution in [2.24, 2.45) is 5.92 Å². The van der Waals surface area contributed by atoms with Crippen LogP contribution in [0.25, 0.3) is 0 Å². The molecule has 2 nitrogen and oxygen atoms in total. The monoisotopic (exact) mass is 251 g/mol. The zero-order valence-corrected chi connectivity index (χ0v) is 10.9. The maximum absolute atomic E-state index is 6.14. The van der Waals surface area contributed by atoms with E-state index in [4.69, 9.17) is 16.3 Å². The van der Waals surface area contributed by atoms with Crippen molar-refractivity contribution >= 4 is 11.6 Å². The van der Waals surface area contributed by atoms with Crippen molar-refractivity contribution in [1.82, 2.24) is 5.32 Å². The Kier molecular flexibility index (Phi) is 3.01. The van der Waals surface area contributed by atoms with E-state index in [0.29, 0.717) is 6.04 Å². The Labute approximate surface area is 107 Å². The summed E-state index contributed by atoms with van der Waals surface area (Å²) in [5, 5.41) is 4.40. The number of halogens is 1. The van der Waals surface area contributed by atoms with Gasteiger partial charge in [-0.05, 0) is 43.4 Å². The molecular formula is C14H18ClNO. The molecule has 1 aliphatic carbocycles. The fourth-order valence-corrected chi connectivity index (χ4v) is 2.77. The van der Waals surface area contributed by atoms with Gasteiger partial charge in [-0.15, -0.1) is 0 Å². The maximum Gasteiger partial charge on any atom is 0.127 e. The van der Waals surface area contributed by atoms with Gasteiger partial charge in [0, 0.05) is 29.6 Å². The molecule has 3 heteroatoms. The lowest BCUT2D eigenvalue weighted by Crippen LogP contribution is -2.27. The first kappa shape index (κ1) is 11.4. The molecule has 17 heavy (non-hydrogen) atoms. The van der Waals surface area contributed by atoms with Crippen molar-refractivity contribution in [1.29, 1.82) is 0 Å². The molecule has 1 aromatic rings. The number of fused-ring (bicyclic) bond motifs is 1. The smallest absolute Gasteiger partial charge is 0.127 e. The van der Waals surface area contributed by atoms with Gasteiger partial charge in [0.05, 0.1) is 6.61 Å². The van der Waals surface area contributed by atoms with Crippen molar-refractivity contribution in [3.05, 3.63) is 28.3 Å². The fourth-order valence-electron chi connectivity index (χ4n) is 2.51. The molecule has 1 saturated carbocycles. The van der Waals surface area contributed by atoms with Crippen LogP contribution in [0.15, 0.2) is 12.1 Å². The van der Waals surface area contributed by atoms with E-state index in [1.165, 1.54) is 24.0 Å². The lowest BCUT2D eigenvalue weighted by molar-refractivity contribution is 0.351. The Balaban J connectivity index is 1.73. The summed E-state index contributed by atoms with van der Waals surface area (Å²) in [4.78, 5) is 0. The van der Waals surface area contributed by atoms with Crippen molar-refractivity contribution < 1.29 is 4.74 Å². The summed E-state index contributed by atoms with van der Waals surface area (Å²) in [6, 6.07) is 4.65. The first-order chi connectivity index (χ1) is 8.24. The molecule has 2 aliphatic rings. The zero-order valence-electron chi connectivity index (χ0n) is 10.1. The second kappa shape index (κ2) is 4.51. The number of nitrogens with one attached hydrogen (secondary N) is 1. The molecule has 1 unspecified atom stereocenters. The molecule has 1 aromatic carbocycles. The second-order valence-corrected chi connectivity index (χ2v) is 5.60. The molecule has 1 heterocycles. The number of hydrogen-bond donors (Lipinski definition) is 1. The summed E-state index contributed by atoms with van der Waals surface area (Å²) in [5.74, 6) is 1.94. The quantitative estimate of drug-likeness (QED) is 0.888. The molecule has 0 saturated heterocycles. The summed E-state index contributed by atoms with van der Waals surface area (Å²) in [6.45, 7) is 3.92. The van der Waals surface area contributed by atoms with Gasteiger partial charge in [-0.2, -0.15) is 0 Å². The molecule has 1 aliphatic heterocycles. The van der Waals surface area contributed by atoms with E-state index in [1.807, 2.05) is 12.1 Å². The number of rotatable bonds is 4. The van der Waals surface area contributed by atoms with E-state index in [9.17, 15) is 0 Å². The van der Waals surface area contributed by atoms with Gasteiger partial charge < -0.3 is 10.1 Å². The van der Waals surface area contributed by atoms with Crippen LogP contribution >= 0.6 is 11.6 Å². The van der Waals surface area contributed by atoms with E-state index < -0.39 is 0 Å². The maximum atomic E-state index is 6.14. The molecule has 1 N–H and O–H groups in total. The first-order valence-corrected chi connectivity index (χ1v) is 6.79. The lowest BCUT2D eigenvalue weighted by Gasteiger charge is -2.15. The molecule has 0 aromatic heterocycles. The van der Waals surface area contributed by atoms with E-state index in [0.717, 1.165) is 36.3 Å². The van der Waals surface area contributed by atoms with Gasteiger partial charge in [0.25, 0.3) is 0 Å². The molecular weight excluding hydrogens is 234 g/mol. The van der Waals surface area contributed by atoms with Crippen LogP contribution < -0.4 is 10.1 Å². The molecule has 1 atom stereocenters. The average Bonchev–Trinajstić information content (AvgIpc) is 3.05. The Bertz CT molecular complexity index is 428. The average molecular weight is 252 g/mol. The van der Waals surface area contributed by atoms with E-state index in [-0.39, 0.29) is 0 Å². The van der Waals surface area contributed by atoms with E-state index in [1.54, 1.807) is 0 Å². The summed E-state index contributed by atoms with van der Waals surface area (Å²) >= 11 is 6.14. The minimum atomic E-state index is 0.603. The molecule has 3 rings (SSSR count). The molecule has 1 fully saturated rings. The highest BCUT2D eigenvalue weighted by molar-refractivity contribution is 6.30. The van der Waals surface area contributed by atoms with Crippen molar-refractivity contribution in [3.8, 4) is 5.75 Å². The SMILES string of the molecule is CC(NCc1cc(Cl)cc2c1OCC2)C1CC1. The first-order valence-electron chi connectivity index (χ1n) is 6.41. The Morgan fingerprint density at radius 1 is 1.47 bits per heavy atom. The van der Waals surface area contributed by atoms with Crippen LogP contribution in [0.4, 0.5) is 0 Å². The van der Waals surface area contributed by atoms with Gasteiger partial charge in [0.2, 0.25) is 0 Å². The highest BCUT2D eigenvalue weighted by Gasteiger charge is 2.27. The van der Waals surface area contributed by atoms with Gasteiger partial charge in [-0.1, -0.05) is 11.6 Å². The van der Waals surface area contributed by atoms with Crippen LogP contribution in [0.2, 0.25) is 5.02 Å². The Morgan fingerprint density at radius 3 is 3.06 bits per heavy atom. The summed E-state index contributed by atoms with van der Waals surface area (Å²) in [7, 11) is 0. The highest BCUT2D eigenvalue weighted by Crippen LogP contribution is 2.34. The van der Waals surface area contributed by atoms with Crippen LogP contribution in [0, 0.1) is 5.92 Å². The molecule has 0 amide bonds. The Hall–Kier alpha value is -0.730. The van der Waals surface area contributed by atoms with Crippen LogP contribution in [-0.2, 0) is 13.0 Å². The van der Waals surface area contributed by atoms with Crippen molar-refractivity contribution in [3.63, 3.8) is 0 Å². The van der Waals surface area contributed by atoms with Gasteiger partial charge in [-0.25, -0.2) is 0 Å². The molecule has 0 radical (unpaired) electrons. The van der Waals surface area contributed by atoms with Gasteiger partial charge in [0.1, 0.15) is 5.75 Å². The van der Waals surface area contributed by atoms with E-state index >= 15 is 0 Å². The van der Waals surface area contributed by atoms with Crippen LogP contribution in [0.3, 0.4) is 0 Å². The predicted molar refractivity (Wildman–Crippen MR) is 69.7 cm³/mol. The number of hydrogen-bond acceptors (Lipinski definition) is 2. The highest BCUT2D eigenvalue weighted by atomic mass is 35.5. The van der Waals surface area contributed by atoms with E-state index in [2.05, 4.69) is 12.2 Å². The van der Waals surface area contributed by atoms with Crippen molar-refractivity contribution in [2.45, 2.75) is 38.8 Å². The van der Waals surface area contributed by atoms with Gasteiger partial charge >= 0.3 is 0 Å². The Morgan fingerprint density at radius 2 is 2.29 bits per heavy atom. The third-order valence-electron chi connectivity index (χ3n) is 3.77. The standard InChI is InChI=1S/C14H18ClNO/c1-9(10-2-3-10)16-8-12-7-13(15)6-11-4-5-17-14(11)12/h6-7,9-10,16H,2-5,8H2,1H3. The lowest BCUT2D eigenvalue weighted by atomic mass is 10.1.